The van der Waals surface area contributed by atoms with E-state index in [-0.39, 0.29) is 5.75 Å². The maximum absolute atomic E-state index is 11.8. The van der Waals surface area contributed by atoms with Crippen molar-refractivity contribution in [3.63, 3.8) is 0 Å². The number of hydrogen-bond acceptors (Lipinski definition) is 5. The number of phenolic OH excluding ortho intramolecular Hbond substituents is 1. The third-order valence-corrected chi connectivity index (χ3v) is 4.15. The van der Waals surface area contributed by atoms with Crippen molar-refractivity contribution in [3.8, 4) is 11.5 Å². The van der Waals surface area contributed by atoms with Crippen LogP contribution in [0, 0.1) is 6.92 Å². The van der Waals surface area contributed by atoms with Crippen LogP contribution in [0.1, 0.15) is 11.1 Å². The van der Waals surface area contributed by atoms with Crippen LogP contribution < -0.4 is 15.7 Å². The van der Waals surface area contributed by atoms with Crippen molar-refractivity contribution in [2.75, 3.05) is 13.2 Å². The van der Waals surface area contributed by atoms with E-state index < -0.39 is 5.63 Å². The minimum Gasteiger partial charge on any atom is -0.508 e. The zero-order valence-corrected chi connectivity index (χ0v) is 14.5. The molecule has 0 aliphatic heterocycles. The van der Waals surface area contributed by atoms with E-state index in [4.69, 9.17) is 20.8 Å². The fraction of sp³-hybridized carbons (Fsp3) is 0.211. The molecule has 0 atom stereocenters. The summed E-state index contributed by atoms with van der Waals surface area (Å²) >= 11 is 5.83. The van der Waals surface area contributed by atoms with Crippen molar-refractivity contribution >= 4 is 22.6 Å². The largest absolute Gasteiger partial charge is 0.508 e. The quantitative estimate of drug-likeness (QED) is 0.519. The summed E-state index contributed by atoms with van der Waals surface area (Å²) in [4.78, 5) is 11.8. The molecule has 25 heavy (non-hydrogen) atoms. The highest BCUT2D eigenvalue weighted by atomic mass is 35.5. The van der Waals surface area contributed by atoms with Gasteiger partial charge in [-0.15, -0.1) is 0 Å². The molecule has 0 radical (unpaired) electrons. The smallest absolute Gasteiger partial charge is 0.336 e. The Morgan fingerprint density at radius 3 is 2.72 bits per heavy atom. The Morgan fingerprint density at radius 2 is 1.96 bits per heavy atom. The first-order chi connectivity index (χ1) is 12.0. The Balaban J connectivity index is 1.62. The van der Waals surface area contributed by atoms with Crippen LogP contribution in [-0.4, -0.2) is 18.3 Å². The number of aromatic hydroxyl groups is 1. The average Bonchev–Trinajstić information content (AvgIpc) is 2.60. The summed E-state index contributed by atoms with van der Waals surface area (Å²) in [6.07, 6.45) is 0. The number of halogens is 1. The third kappa shape index (κ3) is 4.13. The van der Waals surface area contributed by atoms with Gasteiger partial charge in [0.25, 0.3) is 0 Å². The van der Waals surface area contributed by atoms with Gasteiger partial charge in [-0.2, -0.15) is 0 Å². The van der Waals surface area contributed by atoms with Crippen LogP contribution in [0.25, 0.3) is 11.0 Å². The van der Waals surface area contributed by atoms with E-state index >= 15 is 0 Å². The predicted molar refractivity (Wildman–Crippen MR) is 97.5 cm³/mol. The molecular weight excluding hydrogens is 342 g/mol. The Labute approximate surface area is 149 Å². The Hall–Kier alpha value is -2.50. The Kier molecular flexibility index (Phi) is 5.26. The molecular formula is C19H18ClNO4. The molecule has 0 amide bonds. The number of hydrogen-bond donors (Lipinski definition) is 2. The van der Waals surface area contributed by atoms with Crippen molar-refractivity contribution in [2.24, 2.45) is 0 Å². The van der Waals surface area contributed by atoms with Crippen molar-refractivity contribution in [1.82, 2.24) is 5.32 Å². The van der Waals surface area contributed by atoms with Crippen LogP contribution >= 0.6 is 11.6 Å². The monoisotopic (exact) mass is 359 g/mol. The summed E-state index contributed by atoms with van der Waals surface area (Å²) in [5.74, 6) is 0.861. The standard InChI is InChI=1S/C19H18ClNO4/c1-12-17(22)7-6-16-13(10-18(23)25-19(12)16)11-21-8-9-24-15-4-2-14(20)3-5-15/h2-7,10,21-22H,8-9,11H2,1H3. The van der Waals surface area contributed by atoms with Crippen LogP contribution in [0.15, 0.2) is 51.7 Å². The third-order valence-electron chi connectivity index (χ3n) is 3.89. The molecule has 0 aliphatic rings. The topological polar surface area (TPSA) is 71.7 Å². The zero-order valence-electron chi connectivity index (χ0n) is 13.7. The zero-order chi connectivity index (χ0) is 17.8. The summed E-state index contributed by atoms with van der Waals surface area (Å²) in [5.41, 5.74) is 1.36. The van der Waals surface area contributed by atoms with E-state index in [1.54, 1.807) is 31.2 Å². The van der Waals surface area contributed by atoms with Gasteiger partial charge in [0.2, 0.25) is 0 Å². The molecule has 0 aliphatic carbocycles. The molecule has 1 aromatic heterocycles. The highest BCUT2D eigenvalue weighted by Crippen LogP contribution is 2.27. The lowest BCUT2D eigenvalue weighted by Crippen LogP contribution is -2.21. The van der Waals surface area contributed by atoms with E-state index in [0.717, 1.165) is 16.7 Å². The van der Waals surface area contributed by atoms with E-state index in [9.17, 15) is 9.90 Å². The number of nitrogens with one attached hydrogen (secondary N) is 1. The minimum atomic E-state index is -0.435. The molecule has 0 bridgehead atoms. The van der Waals surface area contributed by atoms with E-state index in [1.165, 1.54) is 6.07 Å². The van der Waals surface area contributed by atoms with E-state index in [1.807, 2.05) is 12.1 Å². The Bertz CT molecular complexity index is 935. The summed E-state index contributed by atoms with van der Waals surface area (Å²) in [6, 6.07) is 12.0. The number of fused-ring (bicyclic) bond motifs is 1. The lowest BCUT2D eigenvalue weighted by molar-refractivity contribution is 0.313. The van der Waals surface area contributed by atoms with Crippen molar-refractivity contribution < 1.29 is 14.3 Å². The van der Waals surface area contributed by atoms with Gasteiger partial charge in [0.1, 0.15) is 23.7 Å². The number of aryl methyl sites for hydroxylation is 1. The van der Waals surface area contributed by atoms with Gasteiger partial charge >= 0.3 is 5.63 Å². The molecule has 0 spiro atoms. The molecule has 0 saturated heterocycles. The van der Waals surface area contributed by atoms with Gasteiger partial charge in [-0.1, -0.05) is 11.6 Å². The van der Waals surface area contributed by atoms with Crippen molar-refractivity contribution in [1.29, 1.82) is 0 Å². The van der Waals surface area contributed by atoms with Gasteiger partial charge in [-0.05, 0) is 48.9 Å². The minimum absolute atomic E-state index is 0.108. The molecule has 6 heteroatoms. The first-order valence-electron chi connectivity index (χ1n) is 7.89. The predicted octanol–water partition coefficient (Wildman–Crippen LogP) is 3.63. The highest BCUT2D eigenvalue weighted by Gasteiger charge is 2.10. The second-order valence-electron chi connectivity index (χ2n) is 5.66. The number of phenols is 1. The first kappa shape index (κ1) is 17.3. The molecule has 2 aromatic carbocycles. The molecule has 5 nitrogen and oxygen atoms in total. The molecule has 1 heterocycles. The van der Waals surface area contributed by atoms with Crippen LogP contribution in [0.5, 0.6) is 11.5 Å². The fourth-order valence-corrected chi connectivity index (χ4v) is 2.68. The van der Waals surface area contributed by atoms with Gasteiger partial charge in [-0.3, -0.25) is 0 Å². The molecule has 3 aromatic rings. The van der Waals surface area contributed by atoms with Gasteiger partial charge < -0.3 is 19.6 Å². The van der Waals surface area contributed by atoms with Crippen LogP contribution in [0.2, 0.25) is 5.02 Å². The van der Waals surface area contributed by atoms with Crippen molar-refractivity contribution in [3.05, 3.63) is 69.0 Å². The summed E-state index contributed by atoms with van der Waals surface area (Å²) in [7, 11) is 0. The maximum Gasteiger partial charge on any atom is 0.336 e. The summed E-state index contributed by atoms with van der Waals surface area (Å²) < 4.78 is 10.8. The molecule has 0 saturated carbocycles. The lowest BCUT2D eigenvalue weighted by atomic mass is 10.1. The van der Waals surface area contributed by atoms with Gasteiger partial charge in [-0.25, -0.2) is 4.79 Å². The van der Waals surface area contributed by atoms with E-state index in [2.05, 4.69) is 5.32 Å². The highest BCUT2D eigenvalue weighted by molar-refractivity contribution is 6.30. The molecule has 3 rings (SSSR count). The second kappa shape index (κ2) is 7.59. The first-order valence-corrected chi connectivity index (χ1v) is 8.27. The number of ether oxygens (including phenoxy) is 1. The lowest BCUT2D eigenvalue weighted by Gasteiger charge is -2.10. The average molecular weight is 360 g/mol. The molecule has 2 N–H and O–H groups in total. The van der Waals surface area contributed by atoms with Crippen LogP contribution in [0.4, 0.5) is 0 Å². The summed E-state index contributed by atoms with van der Waals surface area (Å²) in [5, 5.41) is 14.5. The number of rotatable bonds is 6. The van der Waals surface area contributed by atoms with Crippen LogP contribution in [0.3, 0.4) is 0 Å². The van der Waals surface area contributed by atoms with Gasteiger partial charge in [0, 0.05) is 35.1 Å². The van der Waals surface area contributed by atoms with Gasteiger partial charge in [0.15, 0.2) is 0 Å². The fourth-order valence-electron chi connectivity index (χ4n) is 2.56. The summed E-state index contributed by atoms with van der Waals surface area (Å²) in [6.45, 7) is 3.32. The molecule has 0 unspecified atom stereocenters. The van der Waals surface area contributed by atoms with Gasteiger partial charge in [0.05, 0.1) is 0 Å². The SMILES string of the molecule is Cc1c(O)ccc2c(CNCCOc3ccc(Cl)cc3)cc(=O)oc12. The van der Waals surface area contributed by atoms with E-state index in [0.29, 0.717) is 35.9 Å². The Morgan fingerprint density at radius 1 is 1.20 bits per heavy atom. The second-order valence-corrected chi connectivity index (χ2v) is 6.09. The molecule has 130 valence electrons. The normalized spacial score (nSPS) is 11.0. The molecule has 0 fully saturated rings. The van der Waals surface area contributed by atoms with Crippen molar-refractivity contribution in [2.45, 2.75) is 13.5 Å². The number of benzene rings is 2. The van der Waals surface area contributed by atoms with Crippen LogP contribution in [-0.2, 0) is 6.54 Å². The maximum atomic E-state index is 11.8.